The lowest BCUT2D eigenvalue weighted by atomic mass is 10.2. The molecule has 0 aliphatic carbocycles. The van der Waals surface area contributed by atoms with Crippen LogP contribution in [0, 0.1) is 0 Å². The van der Waals surface area contributed by atoms with E-state index >= 15 is 0 Å². The Morgan fingerprint density at radius 2 is 1.60 bits per heavy atom. The Hall–Kier alpha value is -3.81. The smallest absolute Gasteiger partial charge is 0.407 e. The largest absolute Gasteiger partial charge is 0.484 e. The van der Waals surface area contributed by atoms with E-state index in [1.807, 2.05) is 0 Å². The van der Waals surface area contributed by atoms with Gasteiger partial charge in [-0.2, -0.15) is 0 Å². The maximum atomic E-state index is 12.5. The first kappa shape index (κ1) is 35.4. The van der Waals surface area contributed by atoms with E-state index in [1.165, 1.54) is 31.2 Å². The molecule has 0 bridgehead atoms. The van der Waals surface area contributed by atoms with Gasteiger partial charge in [0.2, 0.25) is 0 Å². The summed E-state index contributed by atoms with van der Waals surface area (Å²) in [7, 11) is -3.65. The van der Waals surface area contributed by atoms with Gasteiger partial charge in [0.25, 0.3) is 5.91 Å². The molecular weight excluding hydrogens is 587 g/mol. The van der Waals surface area contributed by atoms with Crippen LogP contribution in [0.5, 0.6) is 11.5 Å². The molecule has 0 saturated heterocycles. The topological polar surface area (TPSA) is 196 Å². The second-order valence-electron chi connectivity index (χ2n) is 9.33. The lowest BCUT2D eigenvalue weighted by Gasteiger charge is -2.13. The summed E-state index contributed by atoms with van der Waals surface area (Å²) in [5, 5.41) is 14.7. The van der Waals surface area contributed by atoms with Crippen molar-refractivity contribution in [1.29, 1.82) is 0 Å². The minimum atomic E-state index is -3.65. The van der Waals surface area contributed by atoms with Crippen molar-refractivity contribution in [3.63, 3.8) is 0 Å². The summed E-state index contributed by atoms with van der Waals surface area (Å²) in [6.45, 7) is 2.58. The number of hydrogen-bond acceptors (Lipinski definition) is 11. The van der Waals surface area contributed by atoms with Gasteiger partial charge in [-0.1, -0.05) is 12.1 Å². The lowest BCUT2D eigenvalue weighted by molar-refractivity contribution is -0.123. The molecule has 2 rings (SSSR count). The normalized spacial score (nSPS) is 12.8. The molecule has 0 aromatic heterocycles. The highest BCUT2D eigenvalue weighted by Crippen LogP contribution is 2.36. The highest BCUT2D eigenvalue weighted by atomic mass is 31.2. The molecule has 2 aromatic carbocycles. The van der Waals surface area contributed by atoms with Crippen LogP contribution in [0.1, 0.15) is 35.7 Å². The van der Waals surface area contributed by atoms with E-state index in [1.54, 1.807) is 24.3 Å². The predicted molar refractivity (Wildman–Crippen MR) is 153 cm³/mol. The number of Topliss-reactive ketones (excluding diaryl/α,β-unsaturated/α-hetero) is 1. The molecule has 2 atom stereocenters. The summed E-state index contributed by atoms with van der Waals surface area (Å²) in [5.74, 6) is -0.306. The number of aliphatic hydroxyl groups is 1. The van der Waals surface area contributed by atoms with E-state index in [2.05, 4.69) is 15.2 Å². The van der Waals surface area contributed by atoms with Crippen LogP contribution in [0.25, 0.3) is 0 Å². The third-order valence-electron chi connectivity index (χ3n) is 5.31. The predicted octanol–water partition coefficient (Wildman–Crippen LogP) is 2.21. The molecule has 0 spiro atoms. The molecule has 0 radical (unpaired) electrons. The molecule has 0 aliphatic heterocycles. The monoisotopic (exact) mass is 624 g/mol. The zero-order valence-electron chi connectivity index (χ0n) is 24.0. The molecular formula is C28H37N2O12P. The third kappa shape index (κ3) is 16.4. The summed E-state index contributed by atoms with van der Waals surface area (Å²) in [6, 6.07) is 12.5. The third-order valence-corrected chi connectivity index (χ3v) is 5.94. The number of rotatable bonds is 19. The molecule has 2 aromatic rings. The Bertz CT molecular complexity index is 1230. The number of ether oxygens (including phenoxy) is 4. The number of esters is 1. The Morgan fingerprint density at radius 1 is 0.930 bits per heavy atom. The SMILES string of the molecule is CC(=O)CCNC(=O)COc1ccc(C(=O)Oc2ccc(COC(=O)NCCCOCC(O)COP(C)(=O)O)cc2)cc1. The molecule has 0 saturated carbocycles. The Labute approximate surface area is 249 Å². The number of carbonyl (C=O) groups excluding carboxylic acids is 4. The molecule has 14 nitrogen and oxygen atoms in total. The van der Waals surface area contributed by atoms with Crippen molar-refractivity contribution in [1.82, 2.24) is 10.6 Å². The van der Waals surface area contributed by atoms with Gasteiger partial charge in [-0.05, 0) is 55.3 Å². The van der Waals surface area contributed by atoms with Crippen LogP contribution < -0.4 is 20.1 Å². The summed E-state index contributed by atoms with van der Waals surface area (Å²) in [6.07, 6.45) is -0.975. The number of amides is 2. The number of aliphatic hydroxyl groups excluding tert-OH is 1. The van der Waals surface area contributed by atoms with Crippen molar-refractivity contribution in [3.8, 4) is 11.5 Å². The minimum Gasteiger partial charge on any atom is -0.484 e. The molecule has 15 heteroatoms. The van der Waals surface area contributed by atoms with Gasteiger partial charge in [-0.15, -0.1) is 0 Å². The zero-order valence-corrected chi connectivity index (χ0v) is 24.9. The van der Waals surface area contributed by atoms with E-state index in [9.17, 15) is 28.8 Å². The Balaban J connectivity index is 1.62. The maximum Gasteiger partial charge on any atom is 0.407 e. The number of carbonyl (C=O) groups is 4. The molecule has 0 aliphatic rings. The number of nitrogens with one attached hydrogen (secondary N) is 2. The molecule has 236 valence electrons. The van der Waals surface area contributed by atoms with Crippen molar-refractivity contribution in [2.45, 2.75) is 32.5 Å². The molecule has 4 N–H and O–H groups in total. The van der Waals surface area contributed by atoms with E-state index < -0.39 is 25.8 Å². The molecule has 0 fully saturated rings. The van der Waals surface area contributed by atoms with Crippen LogP contribution in [0.2, 0.25) is 0 Å². The average Bonchev–Trinajstić information content (AvgIpc) is 2.96. The maximum absolute atomic E-state index is 12.5. The van der Waals surface area contributed by atoms with Crippen LogP contribution in [0.3, 0.4) is 0 Å². The van der Waals surface area contributed by atoms with Gasteiger partial charge in [0.05, 0.1) is 18.8 Å². The van der Waals surface area contributed by atoms with Gasteiger partial charge >= 0.3 is 19.7 Å². The standard InChI is InChI=1S/C28H37N2O12P/c1-20(31)12-14-29-26(33)19-39-24-10-6-22(7-11-24)27(34)42-25-8-4-21(5-9-25)16-40-28(35)30-13-3-15-38-17-23(32)18-41-43(2,36)37/h4-11,23,32H,3,12-19H2,1-2H3,(H,29,33)(H,30,35)(H,36,37). The van der Waals surface area contributed by atoms with E-state index in [0.717, 1.165) is 6.66 Å². The van der Waals surface area contributed by atoms with Gasteiger partial charge in [-0.3, -0.25) is 14.2 Å². The first-order chi connectivity index (χ1) is 20.4. The Kier molecular flexibility index (Phi) is 15.4. The highest BCUT2D eigenvalue weighted by molar-refractivity contribution is 7.51. The summed E-state index contributed by atoms with van der Waals surface area (Å²) in [5.41, 5.74) is 0.938. The second kappa shape index (κ2) is 18.7. The van der Waals surface area contributed by atoms with E-state index in [4.69, 9.17) is 23.8 Å². The van der Waals surface area contributed by atoms with Crippen LogP contribution in [-0.4, -0.2) is 86.0 Å². The van der Waals surface area contributed by atoms with Crippen molar-refractivity contribution in [3.05, 3.63) is 59.7 Å². The molecule has 0 heterocycles. The lowest BCUT2D eigenvalue weighted by Crippen LogP contribution is -2.30. The van der Waals surface area contributed by atoms with Crippen LogP contribution in [0.4, 0.5) is 4.79 Å². The van der Waals surface area contributed by atoms with Crippen molar-refractivity contribution in [2.24, 2.45) is 0 Å². The van der Waals surface area contributed by atoms with Gasteiger partial charge in [0, 0.05) is 32.8 Å². The van der Waals surface area contributed by atoms with E-state index in [-0.39, 0.29) is 75.5 Å². The van der Waals surface area contributed by atoms with Gasteiger partial charge < -0.3 is 44.1 Å². The zero-order chi connectivity index (χ0) is 31.7. The summed E-state index contributed by atoms with van der Waals surface area (Å²) in [4.78, 5) is 56.0. The second-order valence-corrected chi connectivity index (χ2v) is 11.2. The van der Waals surface area contributed by atoms with Crippen LogP contribution in [-0.2, 0) is 34.8 Å². The van der Waals surface area contributed by atoms with Gasteiger partial charge in [-0.25, -0.2) is 9.59 Å². The molecule has 43 heavy (non-hydrogen) atoms. The van der Waals surface area contributed by atoms with Gasteiger partial charge in [0.1, 0.15) is 30.0 Å². The average molecular weight is 625 g/mol. The highest BCUT2D eigenvalue weighted by Gasteiger charge is 2.14. The summed E-state index contributed by atoms with van der Waals surface area (Å²) < 4.78 is 36.7. The van der Waals surface area contributed by atoms with E-state index in [0.29, 0.717) is 17.7 Å². The molecule has 2 unspecified atom stereocenters. The minimum absolute atomic E-state index is 0.00882. The fourth-order valence-corrected chi connectivity index (χ4v) is 3.59. The number of ketones is 1. The molecule has 2 amide bonds. The van der Waals surface area contributed by atoms with Crippen molar-refractivity contribution < 1.29 is 57.2 Å². The number of benzene rings is 2. The fourth-order valence-electron chi connectivity index (χ4n) is 3.14. The number of hydrogen-bond donors (Lipinski definition) is 4. The van der Waals surface area contributed by atoms with Crippen LogP contribution in [0.15, 0.2) is 48.5 Å². The summed E-state index contributed by atoms with van der Waals surface area (Å²) >= 11 is 0. The van der Waals surface area contributed by atoms with Crippen molar-refractivity contribution in [2.75, 3.05) is 46.2 Å². The van der Waals surface area contributed by atoms with Crippen LogP contribution >= 0.6 is 7.60 Å². The Morgan fingerprint density at radius 3 is 2.26 bits per heavy atom. The number of alkyl carbamates (subject to hydrolysis) is 1. The van der Waals surface area contributed by atoms with Gasteiger partial charge in [0.15, 0.2) is 6.61 Å². The first-order valence-corrected chi connectivity index (χ1v) is 15.3. The quantitative estimate of drug-likeness (QED) is 0.0771. The van der Waals surface area contributed by atoms with Crippen molar-refractivity contribution >= 4 is 31.3 Å². The first-order valence-electron chi connectivity index (χ1n) is 13.3. The fraction of sp³-hybridized carbons (Fsp3) is 0.429.